The van der Waals surface area contributed by atoms with Gasteiger partial charge >= 0.3 is 0 Å². The fourth-order valence-corrected chi connectivity index (χ4v) is 4.49. The van der Waals surface area contributed by atoms with Crippen LogP contribution < -0.4 is 4.74 Å². The van der Waals surface area contributed by atoms with E-state index in [4.69, 9.17) is 10.1 Å². The predicted octanol–water partition coefficient (Wildman–Crippen LogP) is 3.25. The van der Waals surface area contributed by atoms with Gasteiger partial charge in [0.1, 0.15) is 11.7 Å². The molecule has 0 saturated heterocycles. The van der Waals surface area contributed by atoms with Crippen LogP contribution in [0, 0.1) is 56.7 Å². The molecule has 1 fully saturated rings. The molecule has 3 rings (SSSR count). The van der Waals surface area contributed by atoms with Crippen LogP contribution in [0.3, 0.4) is 0 Å². The molecule has 0 amide bonds. The first-order valence-electron chi connectivity index (χ1n) is 9.52. The molecule has 1 aliphatic heterocycles. The molecule has 1 unspecified atom stereocenters. The minimum atomic E-state index is -1.70. The average Bonchev–Trinajstić information content (AvgIpc) is 2.73. The third kappa shape index (κ3) is 2.85. The van der Waals surface area contributed by atoms with Crippen molar-refractivity contribution in [3.8, 4) is 24.0 Å². The fraction of sp³-hybridized carbons (Fsp3) is 0.455. The second-order valence-electron chi connectivity index (χ2n) is 7.12. The highest BCUT2D eigenvalue weighted by molar-refractivity contribution is 6.01. The molecule has 1 aromatic carbocycles. The van der Waals surface area contributed by atoms with Crippen molar-refractivity contribution in [1.82, 2.24) is 4.90 Å². The van der Waals surface area contributed by atoms with Crippen LogP contribution in [0.4, 0.5) is 0 Å². The Bertz CT molecular complexity index is 915. The molecule has 142 valence electrons. The molecular weight excluding hydrogens is 350 g/mol. The second kappa shape index (κ2) is 7.85. The van der Waals surface area contributed by atoms with Crippen molar-refractivity contribution < 1.29 is 4.74 Å². The maximum atomic E-state index is 10.1. The lowest BCUT2D eigenvalue weighted by Gasteiger charge is -2.47. The van der Waals surface area contributed by atoms with E-state index < -0.39 is 17.3 Å². The van der Waals surface area contributed by atoms with Crippen LogP contribution in [-0.2, 0) is 0 Å². The molecule has 1 aliphatic carbocycles. The van der Waals surface area contributed by atoms with Crippen molar-refractivity contribution in [2.24, 2.45) is 17.3 Å². The average molecular weight is 373 g/mol. The van der Waals surface area contributed by atoms with Gasteiger partial charge in [-0.2, -0.15) is 15.8 Å². The molecule has 1 saturated carbocycles. The maximum Gasteiger partial charge on any atom is 0.189 e. The van der Waals surface area contributed by atoms with Crippen molar-refractivity contribution in [3.05, 3.63) is 41.5 Å². The lowest BCUT2D eigenvalue weighted by Crippen LogP contribution is -2.52. The number of nitriles is 3. The smallest absolute Gasteiger partial charge is 0.189 e. The Morgan fingerprint density at radius 1 is 1.21 bits per heavy atom. The van der Waals surface area contributed by atoms with Crippen molar-refractivity contribution in [1.29, 1.82) is 21.2 Å². The molecule has 0 bridgehead atoms. The zero-order valence-electron chi connectivity index (χ0n) is 16.1. The lowest BCUT2D eigenvalue weighted by atomic mass is 9.54. The van der Waals surface area contributed by atoms with Crippen LogP contribution in [0.2, 0.25) is 0 Å². The standard InChI is InChI=1S/C22H23N5O/c1-3-27-10-9-15-17(11-23)21(26)22(13-24,14-25)20(18(15)12-27)16-7-5-6-8-19(16)28-4-2/h5-9,17-18,20,26H,3-4,10,12H2,1-2H3/t17?,18-,20+/m1/s1. The summed E-state index contributed by atoms with van der Waals surface area (Å²) < 4.78 is 5.81. The van der Waals surface area contributed by atoms with E-state index in [1.807, 2.05) is 37.3 Å². The molecule has 1 heterocycles. The molecule has 2 aliphatic rings. The number of likely N-dealkylation sites (N-methyl/N-ethyl adjacent to an activating group) is 1. The quantitative estimate of drug-likeness (QED) is 0.815. The summed E-state index contributed by atoms with van der Waals surface area (Å²) in [6, 6.07) is 13.9. The molecule has 0 spiro atoms. The van der Waals surface area contributed by atoms with Gasteiger partial charge in [-0.1, -0.05) is 31.2 Å². The number of fused-ring (bicyclic) bond motifs is 1. The normalized spacial score (nSPS) is 26.2. The highest BCUT2D eigenvalue weighted by Crippen LogP contribution is 2.54. The van der Waals surface area contributed by atoms with E-state index in [1.165, 1.54) is 0 Å². The number of nitrogens with one attached hydrogen (secondary N) is 1. The Kier molecular flexibility index (Phi) is 5.50. The summed E-state index contributed by atoms with van der Waals surface area (Å²) in [5.74, 6) is -0.976. The lowest BCUT2D eigenvalue weighted by molar-refractivity contribution is 0.208. The van der Waals surface area contributed by atoms with Gasteiger partial charge in [-0.25, -0.2) is 0 Å². The molecule has 0 aromatic heterocycles. The van der Waals surface area contributed by atoms with E-state index in [9.17, 15) is 15.8 Å². The molecule has 1 N–H and O–H groups in total. The van der Waals surface area contributed by atoms with Crippen LogP contribution in [-0.4, -0.2) is 36.9 Å². The van der Waals surface area contributed by atoms with Gasteiger partial charge in [-0.3, -0.25) is 4.90 Å². The van der Waals surface area contributed by atoms with Crippen LogP contribution in [0.1, 0.15) is 25.3 Å². The monoisotopic (exact) mass is 373 g/mol. The minimum Gasteiger partial charge on any atom is -0.494 e. The van der Waals surface area contributed by atoms with Crippen molar-refractivity contribution in [2.45, 2.75) is 19.8 Å². The first kappa shape index (κ1) is 19.6. The van der Waals surface area contributed by atoms with Gasteiger partial charge in [0.15, 0.2) is 5.41 Å². The van der Waals surface area contributed by atoms with Crippen LogP contribution in [0.25, 0.3) is 0 Å². The number of rotatable bonds is 4. The maximum absolute atomic E-state index is 10.1. The van der Waals surface area contributed by atoms with E-state index in [1.54, 1.807) is 0 Å². The first-order chi connectivity index (χ1) is 13.6. The van der Waals surface area contributed by atoms with Crippen molar-refractivity contribution in [2.75, 3.05) is 26.2 Å². The molecule has 6 heteroatoms. The number of hydrogen-bond acceptors (Lipinski definition) is 6. The van der Waals surface area contributed by atoms with E-state index in [0.717, 1.165) is 17.7 Å². The highest BCUT2D eigenvalue weighted by atomic mass is 16.5. The number of hydrogen-bond donors (Lipinski definition) is 1. The Balaban J connectivity index is 2.27. The summed E-state index contributed by atoms with van der Waals surface area (Å²) in [7, 11) is 0. The van der Waals surface area contributed by atoms with E-state index >= 15 is 0 Å². The Morgan fingerprint density at radius 2 is 1.93 bits per heavy atom. The van der Waals surface area contributed by atoms with Crippen LogP contribution in [0.15, 0.2) is 35.9 Å². The number of para-hydroxylation sites is 1. The number of benzene rings is 1. The minimum absolute atomic E-state index is 0.122. The SMILES string of the molecule is CCOc1ccccc1[C@H]1[C@@H]2CN(CC)CC=C2C(C#N)C(=N)C1(C#N)C#N. The Morgan fingerprint density at radius 3 is 2.54 bits per heavy atom. The molecule has 3 atom stereocenters. The third-order valence-electron chi connectivity index (χ3n) is 5.87. The Hall–Kier alpha value is -3.14. The van der Waals surface area contributed by atoms with Crippen molar-refractivity contribution in [3.63, 3.8) is 0 Å². The fourth-order valence-electron chi connectivity index (χ4n) is 4.49. The van der Waals surface area contributed by atoms with E-state index in [2.05, 4.69) is 30.0 Å². The molecule has 0 radical (unpaired) electrons. The summed E-state index contributed by atoms with van der Waals surface area (Å²) in [6.07, 6.45) is 2.01. The second-order valence-corrected chi connectivity index (χ2v) is 7.12. The van der Waals surface area contributed by atoms with Crippen LogP contribution >= 0.6 is 0 Å². The predicted molar refractivity (Wildman–Crippen MR) is 105 cm³/mol. The van der Waals surface area contributed by atoms with Gasteiger partial charge < -0.3 is 10.1 Å². The third-order valence-corrected chi connectivity index (χ3v) is 5.87. The van der Waals surface area contributed by atoms with E-state index in [-0.39, 0.29) is 11.6 Å². The van der Waals surface area contributed by atoms with Crippen molar-refractivity contribution >= 4 is 5.71 Å². The summed E-state index contributed by atoms with van der Waals surface area (Å²) in [5, 5.41) is 38.6. The zero-order valence-corrected chi connectivity index (χ0v) is 16.1. The van der Waals surface area contributed by atoms with Gasteiger partial charge in [-0.05, 0) is 25.1 Å². The Labute approximate surface area is 165 Å². The molecule has 28 heavy (non-hydrogen) atoms. The summed E-state index contributed by atoms with van der Waals surface area (Å²) in [5.41, 5.74) is -0.215. The topological polar surface area (TPSA) is 108 Å². The summed E-state index contributed by atoms with van der Waals surface area (Å²) >= 11 is 0. The molecule has 6 nitrogen and oxygen atoms in total. The summed E-state index contributed by atoms with van der Waals surface area (Å²) in [6.45, 7) is 6.60. The van der Waals surface area contributed by atoms with Crippen LogP contribution in [0.5, 0.6) is 5.75 Å². The van der Waals surface area contributed by atoms with E-state index in [0.29, 0.717) is 25.4 Å². The zero-order chi connectivity index (χ0) is 20.3. The number of ether oxygens (including phenoxy) is 1. The highest BCUT2D eigenvalue weighted by Gasteiger charge is 2.58. The largest absolute Gasteiger partial charge is 0.494 e. The first-order valence-corrected chi connectivity index (χ1v) is 9.52. The molecule has 1 aromatic rings. The number of nitrogens with zero attached hydrogens (tertiary/aromatic N) is 4. The van der Waals surface area contributed by atoms with Gasteiger partial charge in [-0.15, -0.1) is 0 Å². The molecular formula is C22H23N5O. The summed E-state index contributed by atoms with van der Waals surface area (Å²) in [4.78, 5) is 2.23. The van der Waals surface area contributed by atoms with Gasteiger partial charge in [0.05, 0.1) is 30.5 Å². The van der Waals surface area contributed by atoms with Gasteiger partial charge in [0, 0.05) is 30.5 Å². The van der Waals surface area contributed by atoms with Gasteiger partial charge in [0.25, 0.3) is 0 Å². The van der Waals surface area contributed by atoms with Gasteiger partial charge in [0.2, 0.25) is 0 Å².